The van der Waals surface area contributed by atoms with Crippen molar-refractivity contribution in [1.29, 1.82) is 0 Å². The topological polar surface area (TPSA) is 233 Å². The largest absolute Gasteiger partial charge is 0.461 e. The van der Waals surface area contributed by atoms with Gasteiger partial charge in [-0.05, 0) is 25.3 Å². The maximum atomic E-state index is 12.7. The zero-order valence-electron chi connectivity index (χ0n) is 19.7. The first-order chi connectivity index (χ1) is 17.3. The van der Waals surface area contributed by atoms with Gasteiger partial charge < -0.3 is 4.74 Å². The van der Waals surface area contributed by atoms with E-state index in [9.17, 15) is 31.2 Å². The van der Waals surface area contributed by atoms with Crippen molar-refractivity contribution in [3.05, 3.63) is 27.7 Å². The molecule has 0 bridgehead atoms. The molecule has 0 aliphatic carbocycles. The maximum Gasteiger partial charge on any atom is 0.357 e. The number of hydrogen-bond donors (Lipinski definition) is 3. The normalized spacial score (nSPS) is 16.4. The molecule has 1 aliphatic heterocycles. The number of hydrogen-bond acceptors (Lipinski definition) is 12. The highest BCUT2D eigenvalue weighted by Crippen LogP contribution is 2.22. The van der Waals surface area contributed by atoms with E-state index in [1.165, 1.54) is 19.1 Å². The number of carbonyl (C=O) groups excluding carboxylic acids is 2. The number of amides is 1. The van der Waals surface area contributed by atoms with E-state index in [1.54, 1.807) is 6.92 Å². The van der Waals surface area contributed by atoms with E-state index >= 15 is 0 Å². The molecule has 2 rings (SSSR count). The highest BCUT2D eigenvalue weighted by atomic mass is 32.2. The predicted molar refractivity (Wildman–Crippen MR) is 124 cm³/mol. The summed E-state index contributed by atoms with van der Waals surface area (Å²) in [6, 6.07) is 0. The van der Waals surface area contributed by atoms with E-state index < -0.39 is 68.2 Å². The van der Waals surface area contributed by atoms with Gasteiger partial charge >= 0.3 is 5.97 Å². The number of hydrazone groups is 1. The summed E-state index contributed by atoms with van der Waals surface area (Å²) in [6.07, 6.45) is 2.33. The van der Waals surface area contributed by atoms with Crippen LogP contribution in [0.4, 0.5) is 0 Å². The van der Waals surface area contributed by atoms with E-state index in [0.29, 0.717) is 0 Å². The van der Waals surface area contributed by atoms with Gasteiger partial charge in [0.05, 0.1) is 43.4 Å². The molecule has 3 N–H and O–H groups in total. The number of H-pyrrole nitrogens is 1. The number of nitrogens with zero attached hydrogens (tertiary/aromatic N) is 3. The summed E-state index contributed by atoms with van der Waals surface area (Å²) in [4.78, 5) is 47.2. The molecule has 0 spiro atoms. The summed E-state index contributed by atoms with van der Waals surface area (Å²) in [5, 5.41) is 11.5. The Balaban J connectivity index is 2.29. The van der Waals surface area contributed by atoms with Crippen LogP contribution >= 0.6 is 0 Å². The van der Waals surface area contributed by atoms with E-state index in [2.05, 4.69) is 20.1 Å². The summed E-state index contributed by atoms with van der Waals surface area (Å²) in [7, 11) is -8.79. The van der Waals surface area contributed by atoms with Crippen LogP contribution in [0.1, 0.15) is 36.3 Å². The molecule has 1 unspecified atom stereocenters. The average molecular weight is 571 g/mol. The average Bonchev–Trinajstić information content (AvgIpc) is 3.27. The van der Waals surface area contributed by atoms with Crippen LogP contribution in [-0.4, -0.2) is 89.8 Å². The van der Waals surface area contributed by atoms with Crippen molar-refractivity contribution in [2.45, 2.75) is 26.8 Å². The van der Waals surface area contributed by atoms with Crippen molar-refractivity contribution < 1.29 is 55.1 Å². The number of esters is 1. The lowest BCUT2D eigenvalue weighted by Crippen LogP contribution is -2.31. The molecule has 1 aliphatic rings. The Labute approximate surface area is 210 Å². The fourth-order valence-corrected chi connectivity index (χ4v) is 3.78. The van der Waals surface area contributed by atoms with E-state index in [-0.39, 0.29) is 36.8 Å². The fourth-order valence-electron chi connectivity index (χ4n) is 2.97. The lowest BCUT2D eigenvalue weighted by atomic mass is 10.0. The van der Waals surface area contributed by atoms with E-state index in [0.717, 1.165) is 9.69 Å². The van der Waals surface area contributed by atoms with Gasteiger partial charge in [-0.2, -0.15) is 21.7 Å². The van der Waals surface area contributed by atoms with Crippen LogP contribution in [0.2, 0.25) is 0 Å². The van der Waals surface area contributed by atoms with Crippen molar-refractivity contribution in [2.75, 3.05) is 31.3 Å². The number of rotatable bonds is 14. The lowest BCUT2D eigenvalue weighted by molar-refractivity contribution is -0.475. The molecule has 208 valence electrons. The lowest BCUT2D eigenvalue weighted by Gasteiger charge is -2.11. The summed E-state index contributed by atoms with van der Waals surface area (Å²) < 4.78 is 67.7. The van der Waals surface area contributed by atoms with Gasteiger partial charge in [-0.25, -0.2) is 9.80 Å². The number of aromatic amines is 1. The first-order valence-corrected chi connectivity index (χ1v) is 13.9. The Morgan fingerprint density at radius 2 is 1.73 bits per heavy atom. The minimum absolute atomic E-state index is 0.0207. The summed E-state index contributed by atoms with van der Waals surface area (Å²) in [6.45, 7) is 2.22. The number of allylic oxidation sites excluding steroid dienone is 1. The van der Waals surface area contributed by atoms with Gasteiger partial charge in [-0.15, -0.1) is 5.10 Å². The second-order valence-corrected chi connectivity index (χ2v) is 10.4. The number of nitrogens with one attached hydrogen (secondary N) is 1. The maximum absolute atomic E-state index is 12.7. The Morgan fingerprint density at radius 3 is 2.32 bits per heavy atom. The monoisotopic (exact) mass is 570 g/mol. The predicted octanol–water partition coefficient (Wildman–Crippen LogP) is -0.796. The van der Waals surface area contributed by atoms with Crippen molar-refractivity contribution in [1.82, 2.24) is 14.8 Å². The molecular weight excluding hydrogens is 544 g/mol. The third kappa shape index (κ3) is 9.05. The van der Waals surface area contributed by atoms with Gasteiger partial charge in [-0.3, -0.25) is 33.4 Å². The molecule has 1 aromatic heterocycles. The molecule has 1 amide bonds. The summed E-state index contributed by atoms with van der Waals surface area (Å²) >= 11 is 0. The number of aromatic nitrogens is 2. The standard InChI is InChI=1S/C18H26N4O13S2/c1-3-32-18(25)14-12(16(23)21(19-14)8-10-36(26,27)28)6-5-7-13-15(34-35-33-4-2)20-22(17(13)24)9-11-37(29,30)31/h5-6,13,19H,3-4,7-11H2,1-2H3,(H,26,27,28)(H,29,30,31). The minimum Gasteiger partial charge on any atom is -0.461 e. The van der Waals surface area contributed by atoms with Gasteiger partial charge in [0.2, 0.25) is 0 Å². The van der Waals surface area contributed by atoms with Gasteiger partial charge in [0.25, 0.3) is 37.6 Å². The Morgan fingerprint density at radius 1 is 1.08 bits per heavy atom. The summed E-state index contributed by atoms with van der Waals surface area (Å²) in [5.41, 5.74) is -1.32. The van der Waals surface area contributed by atoms with Crippen LogP contribution < -0.4 is 5.56 Å². The molecule has 0 radical (unpaired) electrons. The number of carbonyl (C=O) groups is 2. The zero-order valence-corrected chi connectivity index (χ0v) is 21.4. The van der Waals surface area contributed by atoms with Gasteiger partial charge in [0.1, 0.15) is 5.92 Å². The first kappa shape index (κ1) is 30.1. The van der Waals surface area contributed by atoms with Gasteiger partial charge in [0.15, 0.2) is 5.69 Å². The van der Waals surface area contributed by atoms with Crippen molar-refractivity contribution in [3.8, 4) is 0 Å². The molecule has 0 saturated carbocycles. The fraction of sp³-hybridized carbons (Fsp3) is 0.556. The molecule has 0 fully saturated rings. The molecule has 17 nitrogen and oxygen atoms in total. The third-order valence-corrected chi connectivity index (χ3v) is 6.01. The highest BCUT2D eigenvalue weighted by molar-refractivity contribution is 7.86. The van der Waals surface area contributed by atoms with Crippen molar-refractivity contribution >= 4 is 44.1 Å². The highest BCUT2D eigenvalue weighted by Gasteiger charge is 2.38. The SMILES string of the molecule is CCOOOC1=NN(CCS(=O)(=O)O)C(=O)C1CC=Cc1c(C(=O)OCC)[nH]n(CCS(=O)(=O)O)c1=O. The van der Waals surface area contributed by atoms with Crippen LogP contribution in [0, 0.1) is 5.92 Å². The second kappa shape index (κ2) is 12.9. The Kier molecular flexibility index (Phi) is 10.5. The van der Waals surface area contributed by atoms with E-state index in [1.807, 2.05) is 0 Å². The molecule has 37 heavy (non-hydrogen) atoms. The minimum atomic E-state index is -4.40. The molecule has 2 heterocycles. The number of ether oxygens (including phenoxy) is 1. The number of aryl methyl sites for hydroxylation is 1. The molecule has 0 aromatic carbocycles. The van der Waals surface area contributed by atoms with Crippen LogP contribution in [0.15, 0.2) is 16.0 Å². The van der Waals surface area contributed by atoms with Gasteiger partial charge in [-0.1, -0.05) is 12.2 Å². The van der Waals surface area contributed by atoms with Crippen molar-refractivity contribution in [3.63, 3.8) is 0 Å². The van der Waals surface area contributed by atoms with Crippen LogP contribution in [0.5, 0.6) is 0 Å². The van der Waals surface area contributed by atoms with Crippen LogP contribution in [0.3, 0.4) is 0 Å². The Bertz CT molecular complexity index is 1310. The Hall–Kier alpha value is -3.10. The molecule has 1 aromatic rings. The van der Waals surface area contributed by atoms with Gasteiger partial charge in [0, 0.05) is 0 Å². The summed E-state index contributed by atoms with van der Waals surface area (Å²) in [5.74, 6) is -4.66. The van der Waals surface area contributed by atoms with Crippen LogP contribution in [0.25, 0.3) is 6.08 Å². The molecule has 0 saturated heterocycles. The van der Waals surface area contributed by atoms with E-state index in [4.69, 9.17) is 18.7 Å². The molecule has 1 atom stereocenters. The molecular formula is C18H26N4O13S2. The zero-order chi connectivity index (χ0) is 27.8. The second-order valence-electron chi connectivity index (χ2n) is 7.30. The first-order valence-electron chi connectivity index (χ1n) is 10.7. The molecule has 19 heteroatoms. The quantitative estimate of drug-likeness (QED) is 0.0818. The third-order valence-electron chi connectivity index (χ3n) is 4.62. The van der Waals surface area contributed by atoms with Crippen LogP contribution in [-0.2, 0) is 51.1 Å². The smallest absolute Gasteiger partial charge is 0.357 e. The van der Waals surface area contributed by atoms with Crippen molar-refractivity contribution in [2.24, 2.45) is 11.0 Å².